The second kappa shape index (κ2) is 5.85. The zero-order valence-electron chi connectivity index (χ0n) is 11.8. The van der Waals surface area contributed by atoms with Crippen LogP contribution in [0.3, 0.4) is 0 Å². The summed E-state index contributed by atoms with van der Waals surface area (Å²) in [7, 11) is 0. The van der Waals surface area contributed by atoms with Crippen LogP contribution in [0.4, 0.5) is 4.39 Å². The van der Waals surface area contributed by atoms with Gasteiger partial charge in [0.2, 0.25) is 5.78 Å². The Morgan fingerprint density at radius 2 is 1.96 bits per heavy atom. The summed E-state index contributed by atoms with van der Waals surface area (Å²) in [6.07, 6.45) is -0.384. The number of hydrogen-bond acceptors (Lipinski definition) is 2. The van der Waals surface area contributed by atoms with Crippen LogP contribution < -0.4 is 0 Å². The first kappa shape index (κ1) is 15.2. The van der Waals surface area contributed by atoms with Gasteiger partial charge in [-0.3, -0.25) is 9.59 Å². The van der Waals surface area contributed by atoms with E-state index in [-0.39, 0.29) is 23.5 Å². The fraction of sp³-hybridized carbons (Fsp3) is 0.0588. The minimum Gasteiger partial charge on any atom is -0.481 e. The maximum absolute atomic E-state index is 13.5. The first-order chi connectivity index (χ1) is 11.0. The number of carboxylic acid groups (broad SMARTS) is 1. The molecule has 0 saturated carbocycles. The second-order valence-electron chi connectivity index (χ2n) is 5.08. The average molecular weight is 332 g/mol. The van der Waals surface area contributed by atoms with Gasteiger partial charge in [0.25, 0.3) is 0 Å². The number of rotatable bonds is 4. The van der Waals surface area contributed by atoms with E-state index in [0.717, 1.165) is 0 Å². The lowest BCUT2D eigenvalue weighted by Gasteiger charge is -2.03. The lowest BCUT2D eigenvalue weighted by molar-refractivity contribution is -0.136. The van der Waals surface area contributed by atoms with E-state index in [0.29, 0.717) is 21.5 Å². The van der Waals surface area contributed by atoms with Gasteiger partial charge in [0, 0.05) is 27.1 Å². The molecular formula is C17H11ClFNO3. The number of carbonyl (C=O) groups is 2. The van der Waals surface area contributed by atoms with Crippen LogP contribution in [0.15, 0.2) is 42.5 Å². The van der Waals surface area contributed by atoms with Crippen LogP contribution in [0.25, 0.3) is 10.9 Å². The first-order valence-electron chi connectivity index (χ1n) is 6.78. The molecule has 0 aliphatic carbocycles. The van der Waals surface area contributed by atoms with Gasteiger partial charge in [-0.15, -0.1) is 0 Å². The Bertz CT molecular complexity index is 933. The molecule has 1 aromatic heterocycles. The molecule has 6 heteroatoms. The lowest BCUT2D eigenvalue weighted by Crippen LogP contribution is -2.08. The summed E-state index contributed by atoms with van der Waals surface area (Å²) in [5.74, 6) is -1.99. The Hall–Kier alpha value is -2.66. The van der Waals surface area contributed by atoms with Crippen molar-refractivity contribution in [3.63, 3.8) is 0 Å². The van der Waals surface area contributed by atoms with E-state index >= 15 is 0 Å². The first-order valence-corrected chi connectivity index (χ1v) is 7.15. The lowest BCUT2D eigenvalue weighted by atomic mass is 10.0. The molecule has 4 nitrogen and oxygen atoms in total. The smallest absolute Gasteiger partial charge is 0.307 e. The van der Waals surface area contributed by atoms with E-state index in [1.807, 2.05) is 0 Å². The van der Waals surface area contributed by atoms with Gasteiger partial charge in [0.05, 0.1) is 12.1 Å². The second-order valence-corrected chi connectivity index (χ2v) is 5.51. The minimum absolute atomic E-state index is 0.135. The van der Waals surface area contributed by atoms with Crippen LogP contribution in [-0.4, -0.2) is 21.8 Å². The largest absolute Gasteiger partial charge is 0.481 e. The molecule has 1 heterocycles. The van der Waals surface area contributed by atoms with Gasteiger partial charge in [-0.2, -0.15) is 0 Å². The molecule has 0 aliphatic heterocycles. The van der Waals surface area contributed by atoms with Gasteiger partial charge in [-0.05, 0) is 30.3 Å². The molecule has 0 unspecified atom stereocenters. The summed E-state index contributed by atoms with van der Waals surface area (Å²) in [6, 6.07) is 10.3. The molecule has 0 bridgehead atoms. The highest BCUT2D eigenvalue weighted by Crippen LogP contribution is 2.26. The number of hydrogen-bond donors (Lipinski definition) is 2. The van der Waals surface area contributed by atoms with Crippen LogP contribution in [0.5, 0.6) is 0 Å². The van der Waals surface area contributed by atoms with Crippen molar-refractivity contribution in [1.29, 1.82) is 0 Å². The van der Waals surface area contributed by atoms with Crippen LogP contribution in [-0.2, 0) is 11.2 Å². The number of carboxylic acids is 1. The van der Waals surface area contributed by atoms with Gasteiger partial charge in [0.15, 0.2) is 0 Å². The number of nitrogens with one attached hydrogen (secondary N) is 1. The Kier molecular flexibility index (Phi) is 3.88. The number of aromatic amines is 1. The molecule has 2 N–H and O–H groups in total. The SMILES string of the molecule is O=C(O)Cc1c(C(=O)c2cccc(Cl)c2)[nH]c2ccc(F)cc12. The Balaban J connectivity index is 2.19. The summed E-state index contributed by atoms with van der Waals surface area (Å²) in [6.45, 7) is 0. The number of carbonyl (C=O) groups excluding carboxylic acids is 1. The molecule has 0 amide bonds. The highest BCUT2D eigenvalue weighted by atomic mass is 35.5. The summed E-state index contributed by atoms with van der Waals surface area (Å²) in [5, 5.41) is 9.88. The predicted molar refractivity (Wildman–Crippen MR) is 84.5 cm³/mol. The molecule has 0 aliphatic rings. The van der Waals surface area contributed by atoms with Crippen molar-refractivity contribution < 1.29 is 19.1 Å². The van der Waals surface area contributed by atoms with Crippen molar-refractivity contribution in [3.05, 3.63) is 70.1 Å². The quantitative estimate of drug-likeness (QED) is 0.714. The average Bonchev–Trinajstić information content (AvgIpc) is 2.84. The maximum Gasteiger partial charge on any atom is 0.307 e. The van der Waals surface area contributed by atoms with E-state index in [1.54, 1.807) is 18.2 Å². The topological polar surface area (TPSA) is 70.2 Å². The number of benzene rings is 2. The number of halogens is 2. The minimum atomic E-state index is -1.10. The van der Waals surface area contributed by atoms with Crippen molar-refractivity contribution in [2.45, 2.75) is 6.42 Å². The van der Waals surface area contributed by atoms with Crippen LogP contribution in [0.2, 0.25) is 5.02 Å². The highest BCUT2D eigenvalue weighted by Gasteiger charge is 2.21. The van der Waals surface area contributed by atoms with Gasteiger partial charge >= 0.3 is 5.97 Å². The van der Waals surface area contributed by atoms with E-state index in [2.05, 4.69) is 4.98 Å². The van der Waals surface area contributed by atoms with E-state index in [9.17, 15) is 14.0 Å². The molecule has 0 atom stereocenters. The predicted octanol–water partition coefficient (Wildman–Crippen LogP) is 3.82. The molecule has 2 aromatic carbocycles. The number of aliphatic carboxylic acids is 1. The Labute approximate surface area is 135 Å². The van der Waals surface area contributed by atoms with Crippen LogP contribution in [0.1, 0.15) is 21.6 Å². The summed E-state index contributed by atoms with van der Waals surface area (Å²) in [4.78, 5) is 26.7. The van der Waals surface area contributed by atoms with E-state index in [1.165, 1.54) is 24.3 Å². The van der Waals surface area contributed by atoms with Crippen LogP contribution >= 0.6 is 11.6 Å². The van der Waals surface area contributed by atoms with Gasteiger partial charge in [-0.1, -0.05) is 23.7 Å². The third kappa shape index (κ3) is 2.96. The molecule has 23 heavy (non-hydrogen) atoms. The normalized spacial score (nSPS) is 10.9. The van der Waals surface area contributed by atoms with Gasteiger partial charge < -0.3 is 10.1 Å². The summed E-state index contributed by atoms with van der Waals surface area (Å²) in [5.41, 5.74) is 1.23. The Morgan fingerprint density at radius 3 is 2.65 bits per heavy atom. The zero-order chi connectivity index (χ0) is 16.6. The molecule has 3 rings (SSSR count). The molecule has 0 radical (unpaired) electrons. The zero-order valence-corrected chi connectivity index (χ0v) is 12.5. The fourth-order valence-corrected chi connectivity index (χ4v) is 2.71. The Morgan fingerprint density at radius 1 is 1.17 bits per heavy atom. The number of ketones is 1. The molecule has 3 aromatic rings. The van der Waals surface area contributed by atoms with Crippen molar-refractivity contribution in [1.82, 2.24) is 4.98 Å². The summed E-state index contributed by atoms with van der Waals surface area (Å²) < 4.78 is 13.5. The summed E-state index contributed by atoms with van der Waals surface area (Å²) >= 11 is 5.89. The molecule has 0 fully saturated rings. The maximum atomic E-state index is 13.5. The molecule has 116 valence electrons. The number of H-pyrrole nitrogens is 1. The third-order valence-electron chi connectivity index (χ3n) is 3.51. The van der Waals surface area contributed by atoms with Crippen molar-refractivity contribution >= 4 is 34.3 Å². The standard InChI is InChI=1S/C17H11ClFNO3/c18-10-3-1-2-9(6-10)17(23)16-13(8-15(21)22)12-7-11(19)4-5-14(12)20-16/h1-7,20H,8H2,(H,21,22). The van der Waals surface area contributed by atoms with Crippen molar-refractivity contribution in [2.75, 3.05) is 0 Å². The number of fused-ring (bicyclic) bond motifs is 1. The fourth-order valence-electron chi connectivity index (χ4n) is 2.52. The molecule has 0 saturated heterocycles. The van der Waals surface area contributed by atoms with Crippen LogP contribution in [0, 0.1) is 5.82 Å². The van der Waals surface area contributed by atoms with Gasteiger partial charge in [0.1, 0.15) is 5.82 Å². The monoisotopic (exact) mass is 331 g/mol. The van der Waals surface area contributed by atoms with E-state index in [4.69, 9.17) is 16.7 Å². The highest BCUT2D eigenvalue weighted by molar-refractivity contribution is 6.31. The molecule has 0 spiro atoms. The molecular weight excluding hydrogens is 321 g/mol. The van der Waals surface area contributed by atoms with Crippen molar-refractivity contribution in [3.8, 4) is 0 Å². The van der Waals surface area contributed by atoms with Crippen molar-refractivity contribution in [2.24, 2.45) is 0 Å². The third-order valence-corrected chi connectivity index (χ3v) is 3.75. The van der Waals surface area contributed by atoms with Gasteiger partial charge in [-0.25, -0.2) is 4.39 Å². The number of aromatic nitrogens is 1. The van der Waals surface area contributed by atoms with E-state index < -0.39 is 11.8 Å².